The smallest absolute Gasteiger partial charge is 0.143 e. The Morgan fingerprint density at radius 3 is 2.50 bits per heavy atom. The van der Waals surface area contributed by atoms with Gasteiger partial charge in [0, 0.05) is 9.79 Å². The normalized spacial score (nSPS) is 10.6. The Morgan fingerprint density at radius 2 is 1.80 bits per heavy atom. The van der Waals surface area contributed by atoms with Crippen molar-refractivity contribution in [3.63, 3.8) is 0 Å². The van der Waals surface area contributed by atoms with Gasteiger partial charge in [0.1, 0.15) is 11.5 Å². The maximum atomic E-state index is 5.92. The highest BCUT2D eigenvalue weighted by atomic mass is 32.2. The lowest BCUT2D eigenvalue weighted by Crippen LogP contribution is -2.07. The fraction of sp³-hybridized carbons (Fsp3) is 0.250. The van der Waals surface area contributed by atoms with Crippen LogP contribution in [-0.4, -0.2) is 13.2 Å². The molecule has 0 aliphatic heterocycles. The van der Waals surface area contributed by atoms with Gasteiger partial charge in [-0.3, -0.25) is 0 Å². The van der Waals surface area contributed by atoms with Crippen molar-refractivity contribution in [2.45, 2.75) is 29.7 Å². The van der Waals surface area contributed by atoms with E-state index >= 15 is 0 Å². The average molecular weight is 289 g/mol. The molecule has 0 saturated carbocycles. The highest BCUT2D eigenvalue weighted by molar-refractivity contribution is 7.99. The van der Waals surface area contributed by atoms with Crippen molar-refractivity contribution < 1.29 is 9.47 Å². The molecule has 0 aromatic heterocycles. The number of benzene rings is 2. The van der Waals surface area contributed by atoms with Crippen LogP contribution < -0.4 is 15.2 Å². The molecule has 0 atom stereocenters. The third-order valence-corrected chi connectivity index (χ3v) is 3.60. The summed E-state index contributed by atoms with van der Waals surface area (Å²) in [5.74, 6) is 1.58. The molecule has 3 nitrogen and oxygen atoms in total. The van der Waals surface area contributed by atoms with E-state index in [4.69, 9.17) is 15.2 Å². The van der Waals surface area contributed by atoms with Crippen molar-refractivity contribution >= 4 is 17.4 Å². The Hall–Kier alpha value is -1.81. The number of rotatable bonds is 5. The lowest BCUT2D eigenvalue weighted by molar-refractivity contribution is 0.243. The van der Waals surface area contributed by atoms with Crippen molar-refractivity contribution in [3.05, 3.63) is 42.5 Å². The molecule has 106 valence electrons. The molecule has 2 aromatic carbocycles. The van der Waals surface area contributed by atoms with Gasteiger partial charge < -0.3 is 15.2 Å². The summed E-state index contributed by atoms with van der Waals surface area (Å²) in [5.41, 5.74) is 6.58. The van der Waals surface area contributed by atoms with Crippen LogP contribution in [0.1, 0.15) is 13.8 Å². The van der Waals surface area contributed by atoms with Crippen LogP contribution in [0.25, 0.3) is 0 Å². The fourth-order valence-corrected chi connectivity index (χ4v) is 2.63. The monoisotopic (exact) mass is 289 g/mol. The maximum absolute atomic E-state index is 5.92. The lowest BCUT2D eigenvalue weighted by atomic mass is 10.3. The molecule has 0 bridgehead atoms. The van der Waals surface area contributed by atoms with E-state index < -0.39 is 0 Å². The third-order valence-electron chi connectivity index (χ3n) is 2.62. The van der Waals surface area contributed by atoms with Gasteiger partial charge in [-0.2, -0.15) is 0 Å². The fourth-order valence-electron chi connectivity index (χ4n) is 1.73. The van der Waals surface area contributed by atoms with Gasteiger partial charge in [-0.15, -0.1) is 0 Å². The van der Waals surface area contributed by atoms with Crippen molar-refractivity contribution in [2.75, 3.05) is 12.8 Å². The standard InChI is InChI=1S/C16H19NO2S/c1-11(2)19-16-10-14(7-8-15(16)17)20-13-6-4-5-12(9-13)18-3/h4-11H,17H2,1-3H3. The van der Waals surface area contributed by atoms with Gasteiger partial charge in [0.2, 0.25) is 0 Å². The molecule has 20 heavy (non-hydrogen) atoms. The van der Waals surface area contributed by atoms with Crippen molar-refractivity contribution in [1.82, 2.24) is 0 Å². The van der Waals surface area contributed by atoms with Crippen LogP contribution in [0.5, 0.6) is 11.5 Å². The van der Waals surface area contributed by atoms with Gasteiger partial charge in [0.15, 0.2) is 0 Å². The SMILES string of the molecule is COc1cccc(Sc2ccc(N)c(OC(C)C)c2)c1. The maximum Gasteiger partial charge on any atom is 0.143 e. The number of nitrogens with two attached hydrogens (primary N) is 1. The molecule has 0 spiro atoms. The predicted molar refractivity (Wildman–Crippen MR) is 83.7 cm³/mol. The quantitative estimate of drug-likeness (QED) is 0.837. The minimum absolute atomic E-state index is 0.106. The zero-order valence-corrected chi connectivity index (χ0v) is 12.7. The van der Waals surface area contributed by atoms with Gasteiger partial charge >= 0.3 is 0 Å². The molecular weight excluding hydrogens is 270 g/mol. The number of ether oxygens (including phenoxy) is 2. The first-order valence-corrected chi connectivity index (χ1v) is 7.28. The van der Waals surface area contributed by atoms with Gasteiger partial charge in [0.05, 0.1) is 18.9 Å². The summed E-state index contributed by atoms with van der Waals surface area (Å²) in [7, 11) is 1.67. The van der Waals surface area contributed by atoms with Crippen LogP contribution in [0.15, 0.2) is 52.3 Å². The summed E-state index contributed by atoms with van der Waals surface area (Å²) < 4.78 is 10.9. The molecule has 2 N–H and O–H groups in total. The minimum atomic E-state index is 0.106. The second kappa shape index (κ2) is 6.57. The first-order chi connectivity index (χ1) is 9.58. The van der Waals surface area contributed by atoms with Crippen LogP contribution in [0.3, 0.4) is 0 Å². The number of anilines is 1. The predicted octanol–water partition coefficient (Wildman–Crippen LogP) is 4.22. The zero-order valence-electron chi connectivity index (χ0n) is 11.9. The number of hydrogen-bond donors (Lipinski definition) is 1. The first-order valence-electron chi connectivity index (χ1n) is 6.46. The minimum Gasteiger partial charge on any atom is -0.497 e. The van der Waals surface area contributed by atoms with Crippen LogP contribution in [0.4, 0.5) is 5.69 Å². The van der Waals surface area contributed by atoms with Crippen LogP contribution in [0.2, 0.25) is 0 Å². The molecule has 0 amide bonds. The molecule has 0 aliphatic rings. The number of hydrogen-bond acceptors (Lipinski definition) is 4. The van der Waals surface area contributed by atoms with Crippen LogP contribution in [0, 0.1) is 0 Å². The number of nitrogen functional groups attached to an aromatic ring is 1. The Balaban J connectivity index is 2.20. The molecular formula is C16H19NO2S. The Kier molecular flexibility index (Phi) is 4.79. The molecule has 0 unspecified atom stereocenters. The largest absolute Gasteiger partial charge is 0.497 e. The summed E-state index contributed by atoms with van der Waals surface area (Å²) in [6.07, 6.45) is 0.106. The van der Waals surface area contributed by atoms with Gasteiger partial charge in [0.25, 0.3) is 0 Å². The van der Waals surface area contributed by atoms with E-state index in [9.17, 15) is 0 Å². The average Bonchev–Trinajstić information content (AvgIpc) is 2.42. The molecule has 2 rings (SSSR count). The van der Waals surface area contributed by atoms with E-state index in [1.54, 1.807) is 18.9 Å². The summed E-state index contributed by atoms with van der Waals surface area (Å²) in [6.45, 7) is 3.97. The van der Waals surface area contributed by atoms with Gasteiger partial charge in [-0.25, -0.2) is 0 Å². The Labute approximate surface area is 124 Å². The van der Waals surface area contributed by atoms with Crippen molar-refractivity contribution in [3.8, 4) is 11.5 Å². The lowest BCUT2D eigenvalue weighted by Gasteiger charge is -2.13. The van der Waals surface area contributed by atoms with E-state index in [2.05, 4.69) is 0 Å². The topological polar surface area (TPSA) is 44.5 Å². The molecule has 0 aliphatic carbocycles. The van der Waals surface area contributed by atoms with E-state index in [1.807, 2.05) is 56.3 Å². The van der Waals surface area contributed by atoms with E-state index in [1.165, 1.54) is 0 Å². The molecule has 0 heterocycles. The highest BCUT2D eigenvalue weighted by Crippen LogP contribution is 2.34. The second-order valence-electron chi connectivity index (χ2n) is 4.65. The van der Waals surface area contributed by atoms with Crippen molar-refractivity contribution in [1.29, 1.82) is 0 Å². The number of methoxy groups -OCH3 is 1. The van der Waals surface area contributed by atoms with Crippen LogP contribution in [-0.2, 0) is 0 Å². The van der Waals surface area contributed by atoms with Crippen molar-refractivity contribution in [2.24, 2.45) is 0 Å². The highest BCUT2D eigenvalue weighted by Gasteiger charge is 2.06. The van der Waals surface area contributed by atoms with Crippen LogP contribution >= 0.6 is 11.8 Å². The summed E-state index contributed by atoms with van der Waals surface area (Å²) >= 11 is 1.65. The molecule has 0 saturated heterocycles. The van der Waals surface area contributed by atoms with E-state index in [0.29, 0.717) is 5.69 Å². The Bertz CT molecular complexity index is 584. The van der Waals surface area contributed by atoms with E-state index in [-0.39, 0.29) is 6.10 Å². The summed E-state index contributed by atoms with van der Waals surface area (Å²) in [4.78, 5) is 2.20. The Morgan fingerprint density at radius 1 is 1.05 bits per heavy atom. The summed E-state index contributed by atoms with van der Waals surface area (Å²) in [6, 6.07) is 13.8. The second-order valence-corrected chi connectivity index (χ2v) is 5.79. The molecule has 0 fully saturated rings. The molecule has 2 aromatic rings. The van der Waals surface area contributed by atoms with Gasteiger partial charge in [-0.1, -0.05) is 17.8 Å². The molecule has 0 radical (unpaired) electrons. The zero-order chi connectivity index (χ0) is 14.5. The van der Waals surface area contributed by atoms with Gasteiger partial charge in [-0.05, 0) is 50.2 Å². The van der Waals surface area contributed by atoms with E-state index in [0.717, 1.165) is 21.3 Å². The first kappa shape index (κ1) is 14.6. The summed E-state index contributed by atoms with van der Waals surface area (Å²) in [5, 5.41) is 0. The third kappa shape index (κ3) is 3.84. The molecule has 4 heteroatoms.